The first-order valence-electron chi connectivity index (χ1n) is 12.4. The molecule has 2 fully saturated rings. The number of carbonyl (C=O) groups excluding carboxylic acids is 2. The Balaban J connectivity index is 1.16. The molecule has 0 bridgehead atoms. The zero-order valence-electron chi connectivity index (χ0n) is 19.5. The van der Waals surface area contributed by atoms with Gasteiger partial charge >= 0.3 is 0 Å². The number of aromatic amines is 1. The van der Waals surface area contributed by atoms with E-state index in [1.54, 1.807) is 11.8 Å². The average Bonchev–Trinajstić information content (AvgIpc) is 3.31. The molecule has 1 aromatic heterocycles. The number of para-hydroxylation sites is 2. The van der Waals surface area contributed by atoms with E-state index in [2.05, 4.69) is 15.3 Å². The zero-order chi connectivity index (χ0) is 23.3. The predicted molar refractivity (Wildman–Crippen MR) is 136 cm³/mol. The molecule has 5 rings (SSSR count). The minimum Gasteiger partial charge on any atom is -0.349 e. The van der Waals surface area contributed by atoms with E-state index in [0.29, 0.717) is 17.2 Å². The Morgan fingerprint density at radius 1 is 0.971 bits per heavy atom. The van der Waals surface area contributed by atoms with Gasteiger partial charge in [0.05, 0.1) is 11.0 Å². The maximum absolute atomic E-state index is 13.1. The number of carbonyl (C=O) groups is 2. The first-order valence-corrected chi connectivity index (χ1v) is 13.4. The van der Waals surface area contributed by atoms with Crippen LogP contribution < -0.4 is 5.32 Å². The summed E-state index contributed by atoms with van der Waals surface area (Å²) in [6, 6.07) is 15.9. The van der Waals surface area contributed by atoms with Crippen molar-refractivity contribution in [2.45, 2.75) is 61.9 Å². The van der Waals surface area contributed by atoms with Crippen LogP contribution in [-0.4, -0.2) is 45.8 Å². The van der Waals surface area contributed by atoms with Crippen LogP contribution in [0.15, 0.2) is 53.7 Å². The lowest BCUT2D eigenvalue weighted by Crippen LogP contribution is -2.48. The minimum atomic E-state index is -0.0298. The Labute approximate surface area is 204 Å². The van der Waals surface area contributed by atoms with Gasteiger partial charge in [0.15, 0.2) is 5.16 Å². The van der Waals surface area contributed by atoms with Gasteiger partial charge in [0.2, 0.25) is 5.91 Å². The van der Waals surface area contributed by atoms with Crippen LogP contribution in [0.5, 0.6) is 0 Å². The van der Waals surface area contributed by atoms with Crippen LogP contribution in [0.3, 0.4) is 0 Å². The molecule has 2 aromatic carbocycles. The molecule has 2 aliphatic rings. The monoisotopic (exact) mass is 476 g/mol. The van der Waals surface area contributed by atoms with Crippen LogP contribution in [0.2, 0.25) is 0 Å². The molecule has 3 aromatic rings. The smallest absolute Gasteiger partial charge is 0.251 e. The summed E-state index contributed by atoms with van der Waals surface area (Å²) in [7, 11) is 0. The quantitative estimate of drug-likeness (QED) is 0.482. The number of imidazole rings is 1. The molecule has 0 unspecified atom stereocenters. The molecule has 0 atom stereocenters. The maximum Gasteiger partial charge on any atom is 0.251 e. The summed E-state index contributed by atoms with van der Waals surface area (Å²) in [6.07, 6.45) is 7.33. The number of aromatic nitrogens is 2. The van der Waals surface area contributed by atoms with Crippen molar-refractivity contribution in [3.8, 4) is 0 Å². The molecule has 2 heterocycles. The summed E-state index contributed by atoms with van der Waals surface area (Å²) < 4.78 is 0. The van der Waals surface area contributed by atoms with Gasteiger partial charge in [-0.05, 0) is 49.4 Å². The van der Waals surface area contributed by atoms with E-state index >= 15 is 0 Å². The molecule has 2 amide bonds. The number of hydrogen-bond acceptors (Lipinski definition) is 4. The van der Waals surface area contributed by atoms with Gasteiger partial charge in [0.25, 0.3) is 5.91 Å². The number of nitrogens with zero attached hydrogens (tertiary/aromatic N) is 2. The molecule has 1 saturated carbocycles. The lowest BCUT2D eigenvalue weighted by Gasteiger charge is -2.35. The molecule has 0 spiro atoms. The summed E-state index contributed by atoms with van der Waals surface area (Å²) >= 11 is 1.60. The van der Waals surface area contributed by atoms with Crippen molar-refractivity contribution in [1.29, 1.82) is 0 Å². The number of thioether (sulfide) groups is 1. The molecule has 1 aliphatic heterocycles. The van der Waals surface area contributed by atoms with E-state index in [1.165, 1.54) is 19.3 Å². The lowest BCUT2D eigenvalue weighted by atomic mass is 9.87. The molecule has 6 nitrogen and oxygen atoms in total. The van der Waals surface area contributed by atoms with Crippen LogP contribution in [-0.2, 0) is 10.5 Å². The first-order chi connectivity index (χ1) is 16.7. The fourth-order valence-electron chi connectivity index (χ4n) is 5.13. The molecule has 1 saturated heterocycles. The Hall–Kier alpha value is -2.80. The summed E-state index contributed by atoms with van der Waals surface area (Å²) in [5.74, 6) is 1.18. The first kappa shape index (κ1) is 23.0. The van der Waals surface area contributed by atoms with Gasteiger partial charge in [-0.2, -0.15) is 0 Å². The van der Waals surface area contributed by atoms with Crippen molar-refractivity contribution < 1.29 is 9.59 Å². The Morgan fingerprint density at radius 3 is 2.50 bits per heavy atom. The van der Waals surface area contributed by atoms with Crippen LogP contribution in [0.4, 0.5) is 0 Å². The summed E-state index contributed by atoms with van der Waals surface area (Å²) in [6.45, 7) is 1.48. The number of rotatable bonds is 6. The minimum absolute atomic E-state index is 0.0298. The third-order valence-corrected chi connectivity index (χ3v) is 8.01. The van der Waals surface area contributed by atoms with Crippen molar-refractivity contribution in [1.82, 2.24) is 20.2 Å². The molecule has 178 valence electrons. The second-order valence-corrected chi connectivity index (χ2v) is 10.4. The summed E-state index contributed by atoms with van der Waals surface area (Å²) in [4.78, 5) is 35.9. The Bertz CT molecular complexity index is 1110. The van der Waals surface area contributed by atoms with Crippen LogP contribution in [0.25, 0.3) is 11.0 Å². The van der Waals surface area contributed by atoms with Crippen molar-refractivity contribution in [3.05, 3.63) is 59.7 Å². The van der Waals surface area contributed by atoms with E-state index in [1.807, 2.05) is 53.4 Å². The van der Waals surface area contributed by atoms with Crippen LogP contribution in [0, 0.1) is 5.92 Å². The van der Waals surface area contributed by atoms with Gasteiger partial charge in [-0.3, -0.25) is 9.59 Å². The number of fused-ring (bicyclic) bond motifs is 1. The highest BCUT2D eigenvalue weighted by Gasteiger charge is 2.29. The molecule has 7 heteroatoms. The van der Waals surface area contributed by atoms with E-state index in [-0.39, 0.29) is 17.9 Å². The third-order valence-electron chi connectivity index (χ3n) is 7.09. The highest BCUT2D eigenvalue weighted by molar-refractivity contribution is 7.98. The molecule has 1 aliphatic carbocycles. The van der Waals surface area contributed by atoms with Gasteiger partial charge < -0.3 is 15.2 Å². The van der Waals surface area contributed by atoms with Crippen LogP contribution in [0.1, 0.15) is 60.9 Å². The summed E-state index contributed by atoms with van der Waals surface area (Å²) in [5, 5.41) is 4.08. The summed E-state index contributed by atoms with van der Waals surface area (Å²) in [5.41, 5.74) is 3.68. The van der Waals surface area contributed by atoms with E-state index in [0.717, 1.165) is 60.5 Å². The molecule has 34 heavy (non-hydrogen) atoms. The number of piperidine rings is 1. The van der Waals surface area contributed by atoms with Gasteiger partial charge in [0.1, 0.15) is 0 Å². The highest BCUT2D eigenvalue weighted by Crippen LogP contribution is 2.27. The highest BCUT2D eigenvalue weighted by atomic mass is 32.2. The SMILES string of the molecule is O=C(NC1CCN(C(=O)C2CCCCC2)CC1)c1ccccc1CSc1nc2ccccc2[nH]1. The average molecular weight is 477 g/mol. The van der Waals surface area contributed by atoms with Crippen molar-refractivity contribution in [3.63, 3.8) is 0 Å². The second kappa shape index (κ2) is 10.6. The topological polar surface area (TPSA) is 78.1 Å². The number of nitrogens with one attached hydrogen (secondary N) is 2. The van der Waals surface area contributed by atoms with Crippen molar-refractivity contribution >= 4 is 34.6 Å². The molecule has 2 N–H and O–H groups in total. The Morgan fingerprint density at radius 2 is 1.71 bits per heavy atom. The zero-order valence-corrected chi connectivity index (χ0v) is 20.3. The van der Waals surface area contributed by atoms with Gasteiger partial charge in [-0.15, -0.1) is 0 Å². The standard InChI is InChI=1S/C27H32N4O2S/c32-25(28-21-14-16-31(17-15-21)26(33)19-8-2-1-3-9-19)22-11-5-4-10-20(22)18-34-27-29-23-12-6-7-13-24(23)30-27/h4-7,10-13,19,21H,1-3,8-9,14-18H2,(H,28,32)(H,29,30). The maximum atomic E-state index is 13.1. The fourth-order valence-corrected chi connectivity index (χ4v) is 6.02. The second-order valence-electron chi connectivity index (χ2n) is 9.41. The predicted octanol–water partition coefficient (Wildman–Crippen LogP) is 5.16. The largest absolute Gasteiger partial charge is 0.349 e. The third kappa shape index (κ3) is 5.30. The number of H-pyrrole nitrogens is 1. The van der Waals surface area contributed by atoms with Gasteiger partial charge in [0, 0.05) is 36.4 Å². The molecular weight excluding hydrogens is 444 g/mol. The van der Waals surface area contributed by atoms with Gasteiger partial charge in [-0.1, -0.05) is 61.4 Å². The number of hydrogen-bond donors (Lipinski definition) is 2. The fraction of sp³-hybridized carbons (Fsp3) is 0.444. The van der Waals surface area contributed by atoms with E-state index < -0.39 is 0 Å². The van der Waals surface area contributed by atoms with Crippen molar-refractivity contribution in [2.24, 2.45) is 5.92 Å². The van der Waals surface area contributed by atoms with Gasteiger partial charge in [-0.25, -0.2) is 4.98 Å². The van der Waals surface area contributed by atoms with Crippen LogP contribution >= 0.6 is 11.8 Å². The number of likely N-dealkylation sites (tertiary alicyclic amines) is 1. The number of amides is 2. The Kier molecular flexibility index (Phi) is 7.19. The normalized spacial score (nSPS) is 17.7. The lowest BCUT2D eigenvalue weighted by molar-refractivity contribution is -0.137. The molecule has 0 radical (unpaired) electrons. The molecular formula is C27H32N4O2S. The van der Waals surface area contributed by atoms with Crippen molar-refractivity contribution in [2.75, 3.05) is 13.1 Å². The van der Waals surface area contributed by atoms with E-state index in [9.17, 15) is 9.59 Å². The van der Waals surface area contributed by atoms with E-state index in [4.69, 9.17) is 0 Å². The number of benzene rings is 2.